The van der Waals surface area contributed by atoms with E-state index in [9.17, 15) is 4.79 Å². The monoisotopic (exact) mass is 529 g/mol. The third kappa shape index (κ3) is 6.14. The largest absolute Gasteiger partial charge is 0.492 e. The molecule has 0 spiro atoms. The van der Waals surface area contributed by atoms with Crippen LogP contribution < -0.4 is 4.74 Å². The Kier molecular flexibility index (Phi) is 8.20. The molecule has 1 fully saturated rings. The summed E-state index contributed by atoms with van der Waals surface area (Å²) in [4.78, 5) is 31.8. The number of rotatable bonds is 9. The molecule has 1 atom stereocenters. The number of thiazole rings is 1. The van der Waals surface area contributed by atoms with Crippen LogP contribution in [0.3, 0.4) is 0 Å². The first-order valence-corrected chi connectivity index (χ1v) is 14.1. The molecule has 0 radical (unpaired) electrons. The number of imidazole rings is 1. The first kappa shape index (κ1) is 26.1. The number of aryl methyl sites for hydroxylation is 1. The maximum absolute atomic E-state index is 14.0. The van der Waals surface area contributed by atoms with Crippen molar-refractivity contribution in [1.29, 1.82) is 0 Å². The minimum absolute atomic E-state index is 0.00261. The van der Waals surface area contributed by atoms with Crippen molar-refractivity contribution in [1.82, 2.24) is 24.8 Å². The van der Waals surface area contributed by atoms with Gasteiger partial charge in [0.05, 0.1) is 21.8 Å². The normalized spacial score (nSPS) is 15.7. The van der Waals surface area contributed by atoms with E-state index in [2.05, 4.69) is 27.0 Å². The summed E-state index contributed by atoms with van der Waals surface area (Å²) in [5.41, 5.74) is 3.61. The van der Waals surface area contributed by atoms with Crippen molar-refractivity contribution in [2.75, 3.05) is 33.8 Å². The Morgan fingerprint density at radius 2 is 1.95 bits per heavy atom. The SMILES string of the molecule is Cc1nc(C(=O)N2CCCCC2Cc2ncc(-c3ccccc3)[nH]2)c(-c2cccc(OCCN(C)C)c2)s1. The van der Waals surface area contributed by atoms with E-state index in [-0.39, 0.29) is 11.9 Å². The molecule has 1 saturated heterocycles. The zero-order valence-electron chi connectivity index (χ0n) is 22.3. The van der Waals surface area contributed by atoms with Crippen LogP contribution in [0.15, 0.2) is 60.8 Å². The molecule has 3 heterocycles. The number of carbonyl (C=O) groups is 1. The molecule has 7 nitrogen and oxygen atoms in total. The number of carbonyl (C=O) groups excluding carboxylic acids is 1. The van der Waals surface area contributed by atoms with Crippen LogP contribution in [0, 0.1) is 6.92 Å². The molecular formula is C30H35N5O2S. The van der Waals surface area contributed by atoms with Gasteiger partial charge in [0.1, 0.15) is 23.9 Å². The summed E-state index contributed by atoms with van der Waals surface area (Å²) in [6, 6.07) is 18.3. The Balaban J connectivity index is 1.35. The van der Waals surface area contributed by atoms with Gasteiger partial charge in [-0.1, -0.05) is 42.5 Å². The van der Waals surface area contributed by atoms with E-state index in [1.165, 1.54) is 0 Å². The van der Waals surface area contributed by atoms with Crippen molar-refractivity contribution in [3.05, 3.63) is 77.3 Å². The molecule has 0 saturated carbocycles. The van der Waals surface area contributed by atoms with Crippen LogP contribution in [0.25, 0.3) is 21.7 Å². The fourth-order valence-electron chi connectivity index (χ4n) is 4.91. The molecule has 1 N–H and O–H groups in total. The summed E-state index contributed by atoms with van der Waals surface area (Å²) in [6.07, 6.45) is 5.65. The highest BCUT2D eigenvalue weighted by atomic mass is 32.1. The third-order valence-electron chi connectivity index (χ3n) is 6.87. The van der Waals surface area contributed by atoms with Crippen molar-refractivity contribution in [3.63, 3.8) is 0 Å². The van der Waals surface area contributed by atoms with Crippen LogP contribution in [0.1, 0.15) is 40.6 Å². The molecule has 8 heteroatoms. The number of nitrogens with one attached hydrogen (secondary N) is 1. The number of piperidine rings is 1. The molecule has 2 aromatic heterocycles. The average molecular weight is 530 g/mol. The number of amides is 1. The van der Waals surface area contributed by atoms with Gasteiger partial charge in [0.25, 0.3) is 5.91 Å². The smallest absolute Gasteiger partial charge is 0.274 e. The molecule has 0 bridgehead atoms. The Morgan fingerprint density at radius 1 is 1.13 bits per heavy atom. The second kappa shape index (κ2) is 11.9. The van der Waals surface area contributed by atoms with Gasteiger partial charge in [0.15, 0.2) is 0 Å². The maximum atomic E-state index is 14.0. The van der Waals surface area contributed by atoms with Crippen LogP contribution in [-0.4, -0.2) is 70.5 Å². The number of benzene rings is 2. The summed E-state index contributed by atoms with van der Waals surface area (Å²) in [5.74, 6) is 1.71. The van der Waals surface area contributed by atoms with E-state index in [0.29, 0.717) is 18.7 Å². The van der Waals surface area contributed by atoms with Gasteiger partial charge in [0.2, 0.25) is 0 Å². The zero-order chi connectivity index (χ0) is 26.5. The molecular weight excluding hydrogens is 494 g/mol. The quantitative estimate of drug-likeness (QED) is 0.302. The lowest BCUT2D eigenvalue weighted by molar-refractivity contribution is 0.0606. The summed E-state index contributed by atoms with van der Waals surface area (Å²) < 4.78 is 5.96. The number of hydrogen-bond donors (Lipinski definition) is 1. The molecule has 5 rings (SSSR count). The van der Waals surface area contributed by atoms with Gasteiger partial charge in [-0.2, -0.15) is 0 Å². The van der Waals surface area contributed by atoms with Crippen LogP contribution >= 0.6 is 11.3 Å². The van der Waals surface area contributed by atoms with Gasteiger partial charge in [-0.3, -0.25) is 4.79 Å². The van der Waals surface area contributed by atoms with Crippen molar-refractivity contribution in [2.45, 2.75) is 38.6 Å². The zero-order valence-corrected chi connectivity index (χ0v) is 23.1. The Bertz CT molecular complexity index is 1360. The van der Waals surface area contributed by atoms with E-state index in [0.717, 1.165) is 70.6 Å². The highest BCUT2D eigenvalue weighted by molar-refractivity contribution is 7.15. The lowest BCUT2D eigenvalue weighted by Gasteiger charge is -2.35. The topological polar surface area (TPSA) is 74.3 Å². The number of likely N-dealkylation sites (tertiary alicyclic amines) is 1. The Hall–Kier alpha value is -3.49. The predicted octanol–water partition coefficient (Wildman–Crippen LogP) is 5.69. The van der Waals surface area contributed by atoms with Crippen LogP contribution in [0.5, 0.6) is 5.75 Å². The number of nitrogens with zero attached hydrogens (tertiary/aromatic N) is 4. The lowest BCUT2D eigenvalue weighted by Crippen LogP contribution is -2.45. The predicted molar refractivity (Wildman–Crippen MR) is 153 cm³/mol. The minimum Gasteiger partial charge on any atom is -0.492 e. The molecule has 1 amide bonds. The molecule has 1 aliphatic rings. The Labute approximate surface area is 228 Å². The molecule has 1 aliphatic heterocycles. The molecule has 1 unspecified atom stereocenters. The second-order valence-electron chi connectivity index (χ2n) is 10.1. The minimum atomic E-state index is 0.00261. The van der Waals surface area contributed by atoms with E-state index in [4.69, 9.17) is 9.72 Å². The number of hydrogen-bond acceptors (Lipinski definition) is 6. The summed E-state index contributed by atoms with van der Waals surface area (Å²) >= 11 is 1.56. The highest BCUT2D eigenvalue weighted by Crippen LogP contribution is 2.34. The van der Waals surface area contributed by atoms with Crippen molar-refractivity contribution in [3.8, 4) is 27.4 Å². The molecule has 38 heavy (non-hydrogen) atoms. The van der Waals surface area contributed by atoms with E-state index >= 15 is 0 Å². The van der Waals surface area contributed by atoms with Gasteiger partial charge in [-0.25, -0.2) is 9.97 Å². The van der Waals surface area contributed by atoms with E-state index in [1.807, 2.05) is 74.6 Å². The third-order valence-corrected chi connectivity index (χ3v) is 7.89. The maximum Gasteiger partial charge on any atom is 0.274 e. The molecule has 4 aromatic rings. The standard InChI is InChI=1S/C30H35N5O2S/c1-21-32-28(29(38-21)23-12-9-14-25(18-23)37-17-16-34(2)3)30(36)35-15-8-7-13-24(35)19-27-31-20-26(33-27)22-10-5-4-6-11-22/h4-6,9-12,14,18,20,24H,7-8,13,15-17,19H2,1-3H3,(H,31,33). The molecule has 0 aliphatic carbocycles. The van der Waals surface area contributed by atoms with Gasteiger partial charge in [-0.05, 0) is 63.5 Å². The summed E-state index contributed by atoms with van der Waals surface area (Å²) in [5, 5.41) is 0.884. The number of H-pyrrole nitrogens is 1. The number of aromatic nitrogens is 3. The second-order valence-corrected chi connectivity index (χ2v) is 11.3. The molecule has 2 aromatic carbocycles. The van der Waals surface area contributed by atoms with Gasteiger partial charge in [0, 0.05) is 25.6 Å². The lowest BCUT2D eigenvalue weighted by atomic mass is 9.98. The number of ether oxygens (including phenoxy) is 1. The summed E-state index contributed by atoms with van der Waals surface area (Å²) in [7, 11) is 4.05. The molecule has 198 valence electrons. The first-order valence-electron chi connectivity index (χ1n) is 13.2. The van der Waals surface area contributed by atoms with Gasteiger partial charge >= 0.3 is 0 Å². The number of aromatic amines is 1. The summed E-state index contributed by atoms with van der Waals surface area (Å²) in [6.45, 7) is 4.15. The van der Waals surface area contributed by atoms with Gasteiger partial charge in [-0.15, -0.1) is 11.3 Å². The van der Waals surface area contributed by atoms with Crippen LogP contribution in [0.2, 0.25) is 0 Å². The average Bonchev–Trinajstić information content (AvgIpc) is 3.56. The fourth-order valence-corrected chi connectivity index (χ4v) is 5.82. The van der Waals surface area contributed by atoms with Crippen LogP contribution in [-0.2, 0) is 6.42 Å². The van der Waals surface area contributed by atoms with E-state index < -0.39 is 0 Å². The van der Waals surface area contributed by atoms with Crippen LogP contribution in [0.4, 0.5) is 0 Å². The van der Waals surface area contributed by atoms with Crippen molar-refractivity contribution < 1.29 is 9.53 Å². The Morgan fingerprint density at radius 3 is 2.76 bits per heavy atom. The number of likely N-dealkylation sites (N-methyl/N-ethyl adjacent to an activating group) is 1. The first-order chi connectivity index (χ1) is 18.5. The fraction of sp³-hybridized carbons (Fsp3) is 0.367. The highest BCUT2D eigenvalue weighted by Gasteiger charge is 2.31. The van der Waals surface area contributed by atoms with E-state index in [1.54, 1.807) is 11.3 Å². The van der Waals surface area contributed by atoms with Crippen molar-refractivity contribution >= 4 is 17.2 Å². The van der Waals surface area contributed by atoms with Crippen molar-refractivity contribution in [2.24, 2.45) is 0 Å². The van der Waals surface area contributed by atoms with Gasteiger partial charge < -0.3 is 19.5 Å².